The molecule has 0 aliphatic carbocycles. The molecule has 0 amide bonds. The summed E-state index contributed by atoms with van der Waals surface area (Å²) >= 11 is 0. The minimum Gasteiger partial charge on any atom is -0.463 e. The lowest BCUT2D eigenvalue weighted by molar-refractivity contribution is -0.266. The summed E-state index contributed by atoms with van der Waals surface area (Å²) in [5.74, 6) is -3.68. The summed E-state index contributed by atoms with van der Waals surface area (Å²) in [6.07, 6.45) is -7.18. The van der Waals surface area contributed by atoms with Gasteiger partial charge < -0.3 is 33.8 Å². The highest BCUT2D eigenvalue weighted by Gasteiger charge is 2.54. The number of H-pyrrole nitrogens is 1. The summed E-state index contributed by atoms with van der Waals surface area (Å²) in [5.41, 5.74) is 0.476. The van der Waals surface area contributed by atoms with Crippen LogP contribution in [0.25, 0.3) is 10.9 Å². The zero-order valence-electron chi connectivity index (χ0n) is 19.5. The lowest BCUT2D eigenvalue weighted by Gasteiger charge is -2.45. The number of aliphatic hydroxyl groups excluding tert-OH is 1. The second-order valence-corrected chi connectivity index (χ2v) is 8.02. The van der Waals surface area contributed by atoms with Gasteiger partial charge in [0.1, 0.15) is 30.7 Å². The molecule has 0 spiro atoms. The predicted molar refractivity (Wildman–Crippen MR) is 115 cm³/mol. The maximum absolute atomic E-state index is 14.6. The lowest BCUT2D eigenvalue weighted by atomic mass is 9.89. The number of hydrogen-bond donors (Lipinski definition) is 2. The number of rotatable bonds is 7. The quantitative estimate of drug-likeness (QED) is 0.427. The smallest absolute Gasteiger partial charge is 0.303 e. The number of benzene rings is 1. The molecule has 1 aliphatic heterocycles. The van der Waals surface area contributed by atoms with Gasteiger partial charge in [-0.25, -0.2) is 4.39 Å². The molecule has 12 heteroatoms. The Kier molecular flexibility index (Phi) is 8.07. The highest BCUT2D eigenvalue weighted by molar-refractivity contribution is 5.84. The first-order chi connectivity index (χ1) is 16.5. The summed E-state index contributed by atoms with van der Waals surface area (Å²) in [4.78, 5) is 50.0. The van der Waals surface area contributed by atoms with E-state index in [0.29, 0.717) is 5.52 Å². The SMILES string of the molecule is CC(=O)OC[C@H]1O[C@@H](C(O)c2c[nH]c3cccc(F)c23)[C@H](OC(C)=O)[C@@H](OC(C)=O)[C@@H]1OC(C)=O. The molecule has 1 saturated heterocycles. The fourth-order valence-electron chi connectivity index (χ4n) is 4.09. The number of hydrogen-bond acceptors (Lipinski definition) is 10. The Labute approximate surface area is 199 Å². The summed E-state index contributed by atoms with van der Waals surface area (Å²) in [6, 6.07) is 4.29. The van der Waals surface area contributed by atoms with Gasteiger partial charge in [-0.3, -0.25) is 19.2 Å². The van der Waals surface area contributed by atoms with Crippen molar-refractivity contribution in [2.45, 2.75) is 64.3 Å². The Balaban J connectivity index is 2.10. The van der Waals surface area contributed by atoms with E-state index in [9.17, 15) is 28.7 Å². The molecule has 1 unspecified atom stereocenters. The van der Waals surface area contributed by atoms with Gasteiger partial charge in [0.2, 0.25) is 0 Å². The zero-order valence-corrected chi connectivity index (χ0v) is 19.5. The van der Waals surface area contributed by atoms with E-state index in [1.807, 2.05) is 0 Å². The van der Waals surface area contributed by atoms with E-state index in [4.69, 9.17) is 23.7 Å². The van der Waals surface area contributed by atoms with Gasteiger partial charge >= 0.3 is 23.9 Å². The molecular formula is C23H26FNO10. The van der Waals surface area contributed by atoms with E-state index in [1.54, 1.807) is 6.07 Å². The molecule has 1 aromatic carbocycles. The monoisotopic (exact) mass is 495 g/mol. The van der Waals surface area contributed by atoms with Crippen LogP contribution < -0.4 is 0 Å². The van der Waals surface area contributed by atoms with Gasteiger partial charge in [0.25, 0.3) is 0 Å². The number of carbonyl (C=O) groups excluding carboxylic acids is 4. The summed E-state index contributed by atoms with van der Waals surface area (Å²) in [6.45, 7) is 3.99. The predicted octanol–water partition coefficient (Wildman–Crippen LogP) is 1.47. The summed E-state index contributed by atoms with van der Waals surface area (Å²) in [7, 11) is 0. The van der Waals surface area contributed by atoms with Crippen molar-refractivity contribution in [2.24, 2.45) is 0 Å². The molecule has 6 atom stereocenters. The van der Waals surface area contributed by atoms with E-state index in [-0.39, 0.29) is 10.9 Å². The van der Waals surface area contributed by atoms with Crippen LogP contribution in [0.4, 0.5) is 4.39 Å². The number of esters is 4. The highest BCUT2D eigenvalue weighted by Crippen LogP contribution is 2.37. The first kappa shape index (κ1) is 26.1. The van der Waals surface area contributed by atoms with Gasteiger partial charge in [0, 0.05) is 50.4 Å². The number of carbonyl (C=O) groups is 4. The van der Waals surface area contributed by atoms with Crippen molar-refractivity contribution in [3.05, 3.63) is 35.8 Å². The Bertz CT molecular complexity index is 1110. The van der Waals surface area contributed by atoms with Crippen molar-refractivity contribution in [1.82, 2.24) is 4.98 Å². The van der Waals surface area contributed by atoms with Crippen LogP contribution in [0.2, 0.25) is 0 Å². The minimum absolute atomic E-state index is 0.0767. The van der Waals surface area contributed by atoms with Crippen molar-refractivity contribution in [3.8, 4) is 0 Å². The fourth-order valence-corrected chi connectivity index (χ4v) is 4.09. The standard InChI is InChI=1S/C23H26FNO10/c1-10(26)31-9-17-20(32-11(2)27)22(33-12(3)28)23(34-13(4)29)21(35-17)19(30)14-8-25-16-7-5-6-15(24)18(14)16/h5-8,17,19-23,25,30H,9H2,1-4H3/t17-,19?,20-,21+,22+,23+/m1/s1. The molecule has 35 heavy (non-hydrogen) atoms. The topological polar surface area (TPSA) is 150 Å². The van der Waals surface area contributed by atoms with Crippen LogP contribution in [-0.4, -0.2) is 71.1 Å². The van der Waals surface area contributed by atoms with Gasteiger partial charge in [-0.1, -0.05) is 6.07 Å². The molecule has 2 aromatic rings. The van der Waals surface area contributed by atoms with Crippen LogP contribution in [-0.2, 0) is 42.9 Å². The van der Waals surface area contributed by atoms with Gasteiger partial charge in [0.15, 0.2) is 18.3 Å². The molecule has 1 aliphatic rings. The largest absolute Gasteiger partial charge is 0.463 e. The molecule has 1 fully saturated rings. The molecule has 3 rings (SSSR count). The number of ether oxygens (including phenoxy) is 5. The van der Waals surface area contributed by atoms with Crippen LogP contribution in [0.3, 0.4) is 0 Å². The van der Waals surface area contributed by atoms with Crippen LogP contribution in [0.5, 0.6) is 0 Å². The van der Waals surface area contributed by atoms with Crippen molar-refractivity contribution in [3.63, 3.8) is 0 Å². The molecule has 11 nitrogen and oxygen atoms in total. The molecule has 2 N–H and O–H groups in total. The third kappa shape index (κ3) is 5.95. The van der Waals surface area contributed by atoms with Crippen LogP contribution in [0, 0.1) is 5.82 Å². The van der Waals surface area contributed by atoms with Crippen molar-refractivity contribution in [2.75, 3.05) is 6.61 Å². The van der Waals surface area contributed by atoms with Gasteiger partial charge in [-0.05, 0) is 12.1 Å². The molecular weight excluding hydrogens is 469 g/mol. The average molecular weight is 495 g/mol. The second-order valence-electron chi connectivity index (χ2n) is 8.02. The number of aliphatic hydroxyl groups is 1. The third-order valence-corrected chi connectivity index (χ3v) is 5.34. The van der Waals surface area contributed by atoms with Crippen molar-refractivity contribution in [1.29, 1.82) is 0 Å². The number of aromatic amines is 1. The molecule has 0 saturated carbocycles. The third-order valence-electron chi connectivity index (χ3n) is 5.34. The average Bonchev–Trinajstić information content (AvgIpc) is 3.19. The van der Waals surface area contributed by atoms with Crippen LogP contribution >= 0.6 is 0 Å². The van der Waals surface area contributed by atoms with Gasteiger partial charge in [-0.15, -0.1) is 0 Å². The van der Waals surface area contributed by atoms with E-state index >= 15 is 0 Å². The van der Waals surface area contributed by atoms with Crippen LogP contribution in [0.15, 0.2) is 24.4 Å². The van der Waals surface area contributed by atoms with E-state index < -0.39 is 72.9 Å². The van der Waals surface area contributed by atoms with Crippen LogP contribution in [0.1, 0.15) is 39.4 Å². The molecule has 190 valence electrons. The van der Waals surface area contributed by atoms with E-state index in [1.165, 1.54) is 18.3 Å². The second kappa shape index (κ2) is 10.8. The summed E-state index contributed by atoms with van der Waals surface area (Å²) < 4.78 is 41.6. The Morgan fingerprint density at radius 2 is 1.57 bits per heavy atom. The normalized spacial score (nSPS) is 24.9. The Morgan fingerprint density at radius 3 is 2.17 bits per heavy atom. The number of aromatic nitrogens is 1. The van der Waals surface area contributed by atoms with Gasteiger partial charge in [0.05, 0.1) is 0 Å². The molecule has 2 heterocycles. The number of halogens is 1. The van der Waals surface area contributed by atoms with E-state index in [0.717, 1.165) is 27.7 Å². The summed E-state index contributed by atoms with van der Waals surface area (Å²) in [5, 5.41) is 11.4. The maximum Gasteiger partial charge on any atom is 0.303 e. The van der Waals surface area contributed by atoms with Crippen molar-refractivity contribution < 1.29 is 52.4 Å². The van der Waals surface area contributed by atoms with Crippen molar-refractivity contribution >= 4 is 34.8 Å². The molecule has 0 bridgehead atoms. The first-order valence-electron chi connectivity index (χ1n) is 10.7. The minimum atomic E-state index is -1.61. The fraction of sp³-hybridized carbons (Fsp3) is 0.478. The Morgan fingerprint density at radius 1 is 0.971 bits per heavy atom. The number of fused-ring (bicyclic) bond motifs is 1. The highest BCUT2D eigenvalue weighted by atomic mass is 19.1. The van der Waals surface area contributed by atoms with E-state index in [2.05, 4.69) is 4.98 Å². The Hall–Kier alpha value is -3.51. The first-order valence-corrected chi connectivity index (χ1v) is 10.7. The molecule has 0 radical (unpaired) electrons. The molecule has 1 aromatic heterocycles. The lowest BCUT2D eigenvalue weighted by Crippen LogP contribution is -2.63. The zero-order chi connectivity index (χ0) is 25.9. The number of nitrogens with one attached hydrogen (secondary N) is 1. The van der Waals surface area contributed by atoms with Gasteiger partial charge in [-0.2, -0.15) is 0 Å². The maximum atomic E-state index is 14.6.